The van der Waals surface area contributed by atoms with Gasteiger partial charge in [0.1, 0.15) is 13.2 Å². The highest BCUT2D eigenvalue weighted by atomic mass is 31.1. The van der Waals surface area contributed by atoms with Gasteiger partial charge in [-0.2, -0.15) is 0 Å². The maximum absolute atomic E-state index is 11.8. The van der Waals surface area contributed by atoms with Gasteiger partial charge in [-0.05, 0) is 12.8 Å². The lowest BCUT2D eigenvalue weighted by Crippen LogP contribution is -1.92. The molecule has 0 aliphatic heterocycles. The molecular formula is C34H70O3P+. The van der Waals surface area contributed by atoms with Crippen molar-refractivity contribution >= 4 is 8.25 Å². The minimum Gasteiger partial charge on any atom is -0.119 e. The van der Waals surface area contributed by atoms with Crippen molar-refractivity contribution in [1.29, 1.82) is 0 Å². The summed E-state index contributed by atoms with van der Waals surface area (Å²) >= 11 is 0. The average Bonchev–Trinajstić information content (AvgIpc) is 2.92. The van der Waals surface area contributed by atoms with Crippen LogP contribution < -0.4 is 0 Å². The first kappa shape index (κ1) is 38.0. The fourth-order valence-corrected chi connectivity index (χ4v) is 5.89. The molecule has 0 radical (unpaired) electrons. The van der Waals surface area contributed by atoms with Gasteiger partial charge in [0.25, 0.3) is 0 Å². The van der Waals surface area contributed by atoms with Crippen molar-refractivity contribution in [2.75, 3.05) is 13.2 Å². The molecule has 0 heterocycles. The molecule has 0 unspecified atom stereocenters. The largest absolute Gasteiger partial charge is 0.697 e. The van der Waals surface area contributed by atoms with E-state index < -0.39 is 8.25 Å². The maximum Gasteiger partial charge on any atom is 0.697 e. The number of rotatable bonds is 34. The summed E-state index contributed by atoms with van der Waals surface area (Å²) in [6, 6.07) is 0. The molecule has 0 aromatic carbocycles. The van der Waals surface area contributed by atoms with Gasteiger partial charge in [-0.1, -0.05) is 194 Å². The average molecular weight is 558 g/mol. The van der Waals surface area contributed by atoms with Gasteiger partial charge in [0.2, 0.25) is 0 Å². The Morgan fingerprint density at radius 2 is 0.500 bits per heavy atom. The minimum atomic E-state index is -1.92. The molecule has 0 bridgehead atoms. The first-order chi connectivity index (χ1) is 18.8. The Bertz CT molecular complexity index is 405. The van der Waals surface area contributed by atoms with Crippen LogP contribution in [0.4, 0.5) is 0 Å². The van der Waals surface area contributed by atoms with Crippen molar-refractivity contribution in [2.45, 2.75) is 206 Å². The van der Waals surface area contributed by atoms with Gasteiger partial charge in [0, 0.05) is 4.57 Å². The van der Waals surface area contributed by atoms with Crippen molar-refractivity contribution in [1.82, 2.24) is 0 Å². The van der Waals surface area contributed by atoms with Crippen LogP contribution in [0.5, 0.6) is 0 Å². The fraction of sp³-hybridized carbons (Fsp3) is 1.00. The van der Waals surface area contributed by atoms with E-state index in [-0.39, 0.29) is 0 Å². The summed E-state index contributed by atoms with van der Waals surface area (Å²) in [4.78, 5) is 0. The number of hydrogen-bond donors (Lipinski definition) is 0. The van der Waals surface area contributed by atoms with Crippen LogP contribution in [0, 0.1) is 0 Å². The third kappa shape index (κ3) is 34.0. The van der Waals surface area contributed by atoms with Gasteiger partial charge >= 0.3 is 8.25 Å². The molecule has 0 spiro atoms. The highest BCUT2D eigenvalue weighted by molar-refractivity contribution is 7.33. The third-order valence-corrected chi connectivity index (χ3v) is 8.68. The van der Waals surface area contributed by atoms with Crippen LogP contribution in [0.2, 0.25) is 0 Å². The summed E-state index contributed by atoms with van der Waals surface area (Å²) in [6.07, 6.45) is 40.7. The third-order valence-electron chi connectivity index (χ3n) is 7.89. The topological polar surface area (TPSA) is 35.5 Å². The van der Waals surface area contributed by atoms with E-state index in [9.17, 15) is 4.57 Å². The molecule has 0 aliphatic rings. The standard InChI is InChI=1S/C34H70O3P/c1-3-5-7-9-11-13-15-17-19-21-23-25-27-29-31-33-36-38(35)37-34-32-30-28-26-24-22-20-18-16-14-12-10-8-6-4-2/h3-34H2,1-2H3/q+1. The first-order valence-corrected chi connectivity index (χ1v) is 18.6. The Morgan fingerprint density at radius 1 is 0.316 bits per heavy atom. The SMILES string of the molecule is CCCCCCCCCCCCCCCCCO[P+](=O)OCCCCCCCCCCCCCCCCC. The molecule has 0 saturated heterocycles. The second kappa shape index (κ2) is 35.0. The van der Waals surface area contributed by atoms with Crippen LogP contribution in [0.1, 0.15) is 206 Å². The summed E-state index contributed by atoms with van der Waals surface area (Å²) in [5, 5.41) is 0. The molecule has 228 valence electrons. The van der Waals surface area contributed by atoms with Gasteiger partial charge in [-0.25, -0.2) is 0 Å². The molecule has 0 atom stereocenters. The molecule has 4 heteroatoms. The summed E-state index contributed by atoms with van der Waals surface area (Å²) in [5.74, 6) is 0. The molecule has 0 aromatic rings. The lowest BCUT2D eigenvalue weighted by molar-refractivity contribution is 0.218. The Balaban J connectivity index is 3.14. The van der Waals surface area contributed by atoms with Crippen molar-refractivity contribution in [3.05, 3.63) is 0 Å². The zero-order valence-electron chi connectivity index (χ0n) is 26.3. The molecule has 38 heavy (non-hydrogen) atoms. The van der Waals surface area contributed by atoms with Gasteiger partial charge in [0.15, 0.2) is 0 Å². The fourth-order valence-electron chi connectivity index (χ4n) is 5.26. The highest BCUT2D eigenvalue weighted by Gasteiger charge is 2.18. The molecule has 3 nitrogen and oxygen atoms in total. The monoisotopic (exact) mass is 558 g/mol. The molecule has 0 aliphatic carbocycles. The quantitative estimate of drug-likeness (QED) is 0.0583. The Morgan fingerprint density at radius 3 is 0.711 bits per heavy atom. The van der Waals surface area contributed by atoms with E-state index in [1.165, 1.54) is 180 Å². The summed E-state index contributed by atoms with van der Waals surface area (Å²) in [7, 11) is -1.92. The number of unbranched alkanes of at least 4 members (excludes halogenated alkanes) is 28. The lowest BCUT2D eigenvalue weighted by Gasteiger charge is -2.03. The van der Waals surface area contributed by atoms with Crippen molar-refractivity contribution < 1.29 is 13.6 Å². The lowest BCUT2D eigenvalue weighted by atomic mass is 10.0. The molecule has 0 N–H and O–H groups in total. The Kier molecular flexibility index (Phi) is 35.1. The normalized spacial score (nSPS) is 11.4. The van der Waals surface area contributed by atoms with Crippen molar-refractivity contribution in [2.24, 2.45) is 0 Å². The van der Waals surface area contributed by atoms with E-state index in [1.807, 2.05) is 0 Å². The van der Waals surface area contributed by atoms with E-state index in [0.717, 1.165) is 12.8 Å². The van der Waals surface area contributed by atoms with Crippen LogP contribution in [0.25, 0.3) is 0 Å². The zero-order chi connectivity index (χ0) is 27.6. The van der Waals surface area contributed by atoms with Gasteiger partial charge in [-0.15, -0.1) is 9.05 Å². The zero-order valence-corrected chi connectivity index (χ0v) is 27.2. The van der Waals surface area contributed by atoms with Crippen LogP contribution in [0.3, 0.4) is 0 Å². The molecule has 0 saturated carbocycles. The maximum atomic E-state index is 11.8. The summed E-state index contributed by atoms with van der Waals surface area (Å²) in [5.41, 5.74) is 0. The molecule has 0 aromatic heterocycles. The second-order valence-electron chi connectivity index (χ2n) is 11.8. The Labute approximate surface area is 241 Å². The van der Waals surface area contributed by atoms with Crippen LogP contribution >= 0.6 is 8.25 Å². The minimum absolute atomic E-state index is 0.576. The van der Waals surface area contributed by atoms with Crippen molar-refractivity contribution in [3.8, 4) is 0 Å². The van der Waals surface area contributed by atoms with E-state index >= 15 is 0 Å². The summed E-state index contributed by atoms with van der Waals surface area (Å²) < 4.78 is 22.6. The Hall–Kier alpha value is 0.0200. The van der Waals surface area contributed by atoms with Gasteiger partial charge in [-0.3, -0.25) is 0 Å². The van der Waals surface area contributed by atoms with E-state index in [1.54, 1.807) is 0 Å². The van der Waals surface area contributed by atoms with Crippen LogP contribution in [0.15, 0.2) is 0 Å². The molecular weight excluding hydrogens is 487 g/mol. The smallest absolute Gasteiger partial charge is 0.119 e. The van der Waals surface area contributed by atoms with E-state index in [0.29, 0.717) is 13.2 Å². The van der Waals surface area contributed by atoms with Crippen LogP contribution in [-0.4, -0.2) is 13.2 Å². The van der Waals surface area contributed by atoms with Gasteiger partial charge in [0.05, 0.1) is 0 Å². The highest BCUT2D eigenvalue weighted by Crippen LogP contribution is 2.25. The van der Waals surface area contributed by atoms with Gasteiger partial charge < -0.3 is 0 Å². The predicted octanol–water partition coefficient (Wildman–Crippen LogP) is 13.4. The van der Waals surface area contributed by atoms with Crippen molar-refractivity contribution in [3.63, 3.8) is 0 Å². The van der Waals surface area contributed by atoms with E-state index in [2.05, 4.69) is 13.8 Å². The second-order valence-corrected chi connectivity index (χ2v) is 12.8. The molecule has 0 fully saturated rings. The van der Waals surface area contributed by atoms with E-state index in [4.69, 9.17) is 9.05 Å². The summed E-state index contributed by atoms with van der Waals surface area (Å²) in [6.45, 7) is 5.72. The number of hydrogen-bond acceptors (Lipinski definition) is 3. The van der Waals surface area contributed by atoms with Crippen LogP contribution in [-0.2, 0) is 13.6 Å². The molecule has 0 amide bonds. The molecule has 0 rings (SSSR count). The first-order valence-electron chi connectivity index (χ1n) is 17.5. The predicted molar refractivity (Wildman–Crippen MR) is 169 cm³/mol.